The molecule has 2 N–H and O–H groups in total. The van der Waals surface area contributed by atoms with Gasteiger partial charge in [-0.25, -0.2) is 4.39 Å². The number of nitrogens with two attached hydrogens (primary N) is 1. The van der Waals surface area contributed by atoms with Crippen LogP contribution in [0.1, 0.15) is 17.2 Å². The van der Waals surface area contributed by atoms with Crippen LogP contribution in [0, 0.1) is 5.82 Å². The van der Waals surface area contributed by atoms with Crippen molar-refractivity contribution in [3.8, 4) is 5.75 Å². The average Bonchev–Trinajstić information content (AvgIpc) is 2.38. The van der Waals surface area contributed by atoms with E-state index in [1.54, 1.807) is 7.11 Å². The van der Waals surface area contributed by atoms with Crippen LogP contribution in [0.25, 0.3) is 0 Å². The minimum atomic E-state index is -0.292. The van der Waals surface area contributed by atoms with Crippen molar-refractivity contribution in [3.63, 3.8) is 0 Å². The SMILES string of the molecule is COc1ccccc1CC(N)c1cc(F)cc(Br)c1. The van der Waals surface area contributed by atoms with Crippen molar-refractivity contribution in [3.05, 3.63) is 63.9 Å². The predicted molar refractivity (Wildman–Crippen MR) is 77.7 cm³/mol. The second kappa shape index (κ2) is 6.17. The zero-order valence-electron chi connectivity index (χ0n) is 10.6. The molecule has 1 unspecified atom stereocenters. The molecule has 0 heterocycles. The number of benzene rings is 2. The number of halogens is 2. The van der Waals surface area contributed by atoms with Gasteiger partial charge in [0, 0.05) is 10.5 Å². The highest BCUT2D eigenvalue weighted by Gasteiger charge is 2.12. The van der Waals surface area contributed by atoms with Crippen molar-refractivity contribution in [1.82, 2.24) is 0 Å². The second-order valence-electron chi connectivity index (χ2n) is 4.33. The van der Waals surface area contributed by atoms with E-state index < -0.39 is 0 Å². The van der Waals surface area contributed by atoms with Crippen LogP contribution < -0.4 is 10.5 Å². The van der Waals surface area contributed by atoms with Crippen LogP contribution >= 0.6 is 15.9 Å². The summed E-state index contributed by atoms with van der Waals surface area (Å²) >= 11 is 3.27. The summed E-state index contributed by atoms with van der Waals surface area (Å²) in [7, 11) is 1.63. The van der Waals surface area contributed by atoms with Gasteiger partial charge in [0.15, 0.2) is 0 Å². The summed E-state index contributed by atoms with van der Waals surface area (Å²) in [6.07, 6.45) is 0.597. The number of ether oxygens (including phenoxy) is 1. The van der Waals surface area contributed by atoms with Crippen LogP contribution in [0.2, 0.25) is 0 Å². The fourth-order valence-electron chi connectivity index (χ4n) is 2.02. The lowest BCUT2D eigenvalue weighted by Crippen LogP contribution is -2.14. The van der Waals surface area contributed by atoms with Crippen LogP contribution in [-0.2, 0) is 6.42 Å². The molecule has 2 nitrogen and oxygen atoms in total. The first-order chi connectivity index (χ1) is 9.10. The number of hydrogen-bond acceptors (Lipinski definition) is 2. The Morgan fingerprint density at radius 1 is 1.26 bits per heavy atom. The molecule has 2 rings (SSSR count). The molecule has 2 aromatic carbocycles. The molecule has 0 saturated heterocycles. The number of methoxy groups -OCH3 is 1. The molecule has 0 amide bonds. The van der Waals surface area contributed by atoms with E-state index in [1.165, 1.54) is 12.1 Å². The van der Waals surface area contributed by atoms with Crippen LogP contribution in [-0.4, -0.2) is 7.11 Å². The smallest absolute Gasteiger partial charge is 0.124 e. The second-order valence-corrected chi connectivity index (χ2v) is 5.24. The van der Waals surface area contributed by atoms with Gasteiger partial charge in [-0.2, -0.15) is 0 Å². The summed E-state index contributed by atoms with van der Waals surface area (Å²) in [6.45, 7) is 0. The van der Waals surface area contributed by atoms with Crippen LogP contribution in [0.15, 0.2) is 46.9 Å². The molecule has 100 valence electrons. The van der Waals surface area contributed by atoms with Gasteiger partial charge in [0.25, 0.3) is 0 Å². The Balaban J connectivity index is 2.22. The van der Waals surface area contributed by atoms with E-state index in [9.17, 15) is 4.39 Å². The predicted octanol–water partition coefficient (Wildman–Crippen LogP) is 3.84. The van der Waals surface area contributed by atoms with Crippen LogP contribution in [0.3, 0.4) is 0 Å². The topological polar surface area (TPSA) is 35.2 Å². The first-order valence-corrected chi connectivity index (χ1v) is 6.73. The maximum Gasteiger partial charge on any atom is 0.124 e. The quantitative estimate of drug-likeness (QED) is 0.927. The van der Waals surface area contributed by atoms with E-state index in [1.807, 2.05) is 30.3 Å². The molecule has 0 aliphatic carbocycles. The molecule has 0 bridgehead atoms. The lowest BCUT2D eigenvalue weighted by molar-refractivity contribution is 0.408. The first kappa shape index (κ1) is 14.0. The molecule has 4 heteroatoms. The molecule has 0 radical (unpaired) electrons. The third kappa shape index (κ3) is 3.55. The van der Waals surface area contributed by atoms with E-state index in [-0.39, 0.29) is 11.9 Å². The Bertz CT molecular complexity index is 554. The van der Waals surface area contributed by atoms with Crippen molar-refractivity contribution in [2.45, 2.75) is 12.5 Å². The molecular formula is C15H15BrFNO. The van der Waals surface area contributed by atoms with E-state index in [2.05, 4.69) is 15.9 Å². The van der Waals surface area contributed by atoms with E-state index in [0.717, 1.165) is 16.9 Å². The molecule has 0 saturated carbocycles. The zero-order valence-corrected chi connectivity index (χ0v) is 12.2. The maximum absolute atomic E-state index is 13.4. The molecule has 0 fully saturated rings. The van der Waals surface area contributed by atoms with Gasteiger partial charge >= 0.3 is 0 Å². The highest BCUT2D eigenvalue weighted by molar-refractivity contribution is 9.10. The Morgan fingerprint density at radius 3 is 2.68 bits per heavy atom. The summed E-state index contributed by atoms with van der Waals surface area (Å²) in [4.78, 5) is 0. The summed E-state index contributed by atoms with van der Waals surface area (Å²) < 4.78 is 19.3. The van der Waals surface area contributed by atoms with Crippen LogP contribution in [0.4, 0.5) is 4.39 Å². The number of rotatable bonds is 4. The third-order valence-electron chi connectivity index (χ3n) is 2.95. The average molecular weight is 324 g/mol. The molecule has 19 heavy (non-hydrogen) atoms. The zero-order chi connectivity index (χ0) is 13.8. The van der Waals surface area contributed by atoms with Gasteiger partial charge in [-0.1, -0.05) is 34.1 Å². The monoisotopic (exact) mass is 323 g/mol. The lowest BCUT2D eigenvalue weighted by atomic mass is 9.99. The molecule has 2 aromatic rings. The summed E-state index contributed by atoms with van der Waals surface area (Å²) in [5, 5.41) is 0. The van der Waals surface area contributed by atoms with Crippen molar-refractivity contribution in [1.29, 1.82) is 0 Å². The minimum Gasteiger partial charge on any atom is -0.496 e. The van der Waals surface area contributed by atoms with Gasteiger partial charge in [0.1, 0.15) is 11.6 Å². The van der Waals surface area contributed by atoms with Crippen LogP contribution in [0.5, 0.6) is 5.75 Å². The van der Waals surface area contributed by atoms with Gasteiger partial charge in [-0.15, -0.1) is 0 Å². The Morgan fingerprint density at radius 2 is 2.00 bits per heavy atom. The Kier molecular flexibility index (Phi) is 4.56. The molecule has 0 aliphatic heterocycles. The summed E-state index contributed by atoms with van der Waals surface area (Å²) in [6, 6.07) is 12.1. The molecule has 0 aliphatic rings. The van der Waals surface area contributed by atoms with Crippen molar-refractivity contribution in [2.75, 3.05) is 7.11 Å². The van der Waals surface area contributed by atoms with Gasteiger partial charge in [0.2, 0.25) is 0 Å². The highest BCUT2D eigenvalue weighted by atomic mass is 79.9. The highest BCUT2D eigenvalue weighted by Crippen LogP contribution is 2.25. The van der Waals surface area contributed by atoms with Gasteiger partial charge in [-0.05, 0) is 41.8 Å². The number of para-hydroxylation sites is 1. The molecule has 0 aromatic heterocycles. The number of hydrogen-bond donors (Lipinski definition) is 1. The van der Waals surface area contributed by atoms with Crippen molar-refractivity contribution < 1.29 is 9.13 Å². The summed E-state index contributed by atoms with van der Waals surface area (Å²) in [5.41, 5.74) is 7.92. The van der Waals surface area contributed by atoms with Gasteiger partial charge < -0.3 is 10.5 Å². The first-order valence-electron chi connectivity index (χ1n) is 5.93. The van der Waals surface area contributed by atoms with Crippen molar-refractivity contribution in [2.24, 2.45) is 5.73 Å². The fourth-order valence-corrected chi connectivity index (χ4v) is 2.50. The minimum absolute atomic E-state index is 0.275. The van der Waals surface area contributed by atoms with E-state index in [4.69, 9.17) is 10.5 Å². The standard InChI is InChI=1S/C15H15BrFNO/c1-19-15-5-3-2-4-10(15)8-14(18)11-6-12(16)9-13(17)7-11/h2-7,9,14H,8,18H2,1H3. The Hall–Kier alpha value is -1.39. The van der Waals surface area contributed by atoms with E-state index >= 15 is 0 Å². The van der Waals surface area contributed by atoms with Gasteiger partial charge in [0.05, 0.1) is 7.11 Å². The van der Waals surface area contributed by atoms with E-state index in [0.29, 0.717) is 10.9 Å². The van der Waals surface area contributed by atoms with Crippen molar-refractivity contribution >= 4 is 15.9 Å². The van der Waals surface area contributed by atoms with Gasteiger partial charge in [-0.3, -0.25) is 0 Å². The normalized spacial score (nSPS) is 12.2. The fraction of sp³-hybridized carbons (Fsp3) is 0.200. The Labute approximate surface area is 120 Å². The molecule has 1 atom stereocenters. The molecular weight excluding hydrogens is 309 g/mol. The molecule has 0 spiro atoms. The largest absolute Gasteiger partial charge is 0.496 e. The maximum atomic E-state index is 13.4. The third-order valence-corrected chi connectivity index (χ3v) is 3.40. The summed E-state index contributed by atoms with van der Waals surface area (Å²) in [5.74, 6) is 0.508. The lowest BCUT2D eigenvalue weighted by Gasteiger charge is -2.15.